The van der Waals surface area contributed by atoms with Crippen LogP contribution in [-0.2, 0) is 20.9 Å². The van der Waals surface area contributed by atoms with Gasteiger partial charge in [-0.3, -0.25) is 14.5 Å². The van der Waals surface area contributed by atoms with Crippen LogP contribution in [0.25, 0.3) is 0 Å². The standard InChI is InChI=1S/C30H43ClN6O3/c1-21(2)34-11-6-12-37(28(38)20-40-5)27-18-26(31)8-7-25(27)19-36(16-15-34)29(39)24-9-13-35(14-10-24)30-32-22(3)17-23(4)33-30/h7-8,17-18,21,24H,6,9-16,19-20H2,1-5H3. The molecule has 40 heavy (non-hydrogen) atoms. The van der Waals surface area contributed by atoms with Crippen molar-refractivity contribution >= 4 is 35.1 Å². The highest BCUT2D eigenvalue weighted by Crippen LogP contribution is 2.29. The predicted octanol–water partition coefficient (Wildman–Crippen LogP) is 4.09. The molecule has 0 radical (unpaired) electrons. The molecule has 0 saturated carbocycles. The van der Waals surface area contributed by atoms with Gasteiger partial charge >= 0.3 is 0 Å². The van der Waals surface area contributed by atoms with Gasteiger partial charge in [0.15, 0.2) is 0 Å². The topological polar surface area (TPSA) is 82.1 Å². The minimum Gasteiger partial charge on any atom is -0.375 e. The van der Waals surface area contributed by atoms with Crippen molar-refractivity contribution in [2.75, 3.05) is 62.8 Å². The molecule has 3 heterocycles. The second kappa shape index (κ2) is 13.7. The number of rotatable bonds is 5. The van der Waals surface area contributed by atoms with Gasteiger partial charge < -0.3 is 19.4 Å². The van der Waals surface area contributed by atoms with Crippen LogP contribution in [-0.4, -0.2) is 90.6 Å². The molecule has 10 heteroatoms. The van der Waals surface area contributed by atoms with Gasteiger partial charge in [0, 0.05) is 81.3 Å². The van der Waals surface area contributed by atoms with Gasteiger partial charge in [0.25, 0.3) is 5.91 Å². The lowest BCUT2D eigenvalue weighted by molar-refractivity contribution is -0.137. The average molecular weight is 571 g/mol. The van der Waals surface area contributed by atoms with E-state index in [9.17, 15) is 9.59 Å². The van der Waals surface area contributed by atoms with Crippen LogP contribution in [0.5, 0.6) is 0 Å². The van der Waals surface area contributed by atoms with Gasteiger partial charge in [-0.05, 0) is 70.7 Å². The summed E-state index contributed by atoms with van der Waals surface area (Å²) in [6.45, 7) is 13.0. The number of hydrogen-bond donors (Lipinski definition) is 0. The SMILES string of the molecule is COCC(=O)N1CCCN(C(C)C)CCN(C(=O)C2CCN(c3nc(C)cc(C)n3)CC2)Cc2ccc(Cl)cc21. The molecule has 0 bridgehead atoms. The van der Waals surface area contributed by atoms with E-state index in [1.54, 1.807) is 4.90 Å². The first kappa shape index (κ1) is 30.2. The minimum absolute atomic E-state index is 0.00869. The van der Waals surface area contributed by atoms with Gasteiger partial charge in [-0.1, -0.05) is 17.7 Å². The number of amides is 2. The number of ether oxygens (including phenoxy) is 1. The molecule has 1 aromatic heterocycles. The van der Waals surface area contributed by atoms with E-state index in [0.29, 0.717) is 30.7 Å². The third-order valence-corrected chi connectivity index (χ3v) is 8.13. The lowest BCUT2D eigenvalue weighted by Crippen LogP contribution is -2.46. The van der Waals surface area contributed by atoms with Crippen LogP contribution in [0.15, 0.2) is 24.3 Å². The first-order chi connectivity index (χ1) is 19.2. The summed E-state index contributed by atoms with van der Waals surface area (Å²) in [5.74, 6) is 0.736. The van der Waals surface area contributed by atoms with E-state index in [2.05, 4.69) is 33.6 Å². The van der Waals surface area contributed by atoms with Crippen molar-refractivity contribution in [3.63, 3.8) is 0 Å². The summed E-state index contributed by atoms with van der Waals surface area (Å²) in [6.07, 6.45) is 2.32. The number of piperidine rings is 1. The van der Waals surface area contributed by atoms with Gasteiger partial charge in [0.2, 0.25) is 11.9 Å². The molecular weight excluding hydrogens is 528 g/mol. The van der Waals surface area contributed by atoms with Crippen molar-refractivity contribution in [1.29, 1.82) is 0 Å². The number of halogens is 1. The van der Waals surface area contributed by atoms with E-state index >= 15 is 0 Å². The van der Waals surface area contributed by atoms with Gasteiger partial charge in [0.1, 0.15) is 6.61 Å². The van der Waals surface area contributed by atoms with Crippen molar-refractivity contribution in [3.05, 3.63) is 46.2 Å². The van der Waals surface area contributed by atoms with Gasteiger partial charge in [0.05, 0.1) is 5.69 Å². The summed E-state index contributed by atoms with van der Waals surface area (Å²) in [4.78, 5) is 44.8. The highest BCUT2D eigenvalue weighted by Gasteiger charge is 2.31. The summed E-state index contributed by atoms with van der Waals surface area (Å²) in [5, 5.41) is 0.562. The number of fused-ring (bicyclic) bond motifs is 1. The molecule has 0 spiro atoms. The Morgan fingerprint density at radius 3 is 2.35 bits per heavy atom. The van der Waals surface area contributed by atoms with Crippen molar-refractivity contribution in [2.45, 2.75) is 59.5 Å². The molecule has 4 rings (SSSR count). The van der Waals surface area contributed by atoms with Crippen LogP contribution in [0.4, 0.5) is 11.6 Å². The lowest BCUT2D eigenvalue weighted by atomic mass is 9.95. The quantitative estimate of drug-likeness (QED) is 0.535. The number of nitrogens with zero attached hydrogens (tertiary/aromatic N) is 6. The highest BCUT2D eigenvalue weighted by atomic mass is 35.5. The van der Waals surface area contributed by atoms with E-state index < -0.39 is 0 Å². The summed E-state index contributed by atoms with van der Waals surface area (Å²) < 4.78 is 5.19. The zero-order valence-electron chi connectivity index (χ0n) is 24.5. The van der Waals surface area contributed by atoms with Crippen molar-refractivity contribution < 1.29 is 14.3 Å². The number of aromatic nitrogens is 2. The summed E-state index contributed by atoms with van der Waals surface area (Å²) >= 11 is 6.42. The molecule has 2 aliphatic heterocycles. The third-order valence-electron chi connectivity index (χ3n) is 7.89. The number of hydrogen-bond acceptors (Lipinski definition) is 7. The molecule has 1 aromatic carbocycles. The maximum Gasteiger partial charge on any atom is 0.252 e. The largest absolute Gasteiger partial charge is 0.375 e. The number of anilines is 2. The van der Waals surface area contributed by atoms with Crippen LogP contribution in [0, 0.1) is 19.8 Å². The Morgan fingerprint density at radius 1 is 1.00 bits per heavy atom. The second-order valence-electron chi connectivity index (χ2n) is 11.2. The van der Waals surface area contributed by atoms with Gasteiger partial charge in [-0.15, -0.1) is 0 Å². The van der Waals surface area contributed by atoms with Gasteiger partial charge in [-0.2, -0.15) is 0 Å². The molecule has 2 amide bonds. The maximum atomic E-state index is 14.1. The van der Waals surface area contributed by atoms with Gasteiger partial charge in [-0.25, -0.2) is 9.97 Å². The highest BCUT2D eigenvalue weighted by molar-refractivity contribution is 6.31. The number of aryl methyl sites for hydroxylation is 2. The minimum atomic E-state index is -0.111. The van der Waals surface area contributed by atoms with Crippen LogP contribution >= 0.6 is 11.6 Å². The fourth-order valence-electron chi connectivity index (χ4n) is 5.72. The Morgan fingerprint density at radius 2 is 1.70 bits per heavy atom. The molecular formula is C30H43ClN6O3. The molecule has 218 valence electrons. The summed E-state index contributed by atoms with van der Waals surface area (Å²) in [7, 11) is 1.53. The Kier molecular flexibility index (Phi) is 10.4. The molecule has 0 atom stereocenters. The fourth-order valence-corrected chi connectivity index (χ4v) is 5.88. The molecule has 9 nitrogen and oxygen atoms in total. The fraction of sp³-hybridized carbons (Fsp3) is 0.600. The smallest absolute Gasteiger partial charge is 0.252 e. The van der Waals surface area contributed by atoms with Crippen molar-refractivity contribution in [1.82, 2.24) is 19.8 Å². The number of carbonyl (C=O) groups is 2. The van der Waals surface area contributed by atoms with Crippen LogP contribution in [0.1, 0.15) is 50.1 Å². The van der Waals surface area contributed by atoms with Crippen LogP contribution in [0.3, 0.4) is 0 Å². The average Bonchev–Trinajstić information content (AvgIpc) is 2.95. The van der Waals surface area contributed by atoms with Crippen LogP contribution in [0.2, 0.25) is 5.02 Å². The van der Waals surface area contributed by atoms with E-state index in [0.717, 1.165) is 74.0 Å². The zero-order chi connectivity index (χ0) is 28.8. The molecule has 2 aromatic rings. The number of benzene rings is 1. The predicted molar refractivity (Wildman–Crippen MR) is 159 cm³/mol. The van der Waals surface area contributed by atoms with E-state index in [1.165, 1.54) is 7.11 Å². The maximum absolute atomic E-state index is 14.1. The Hall–Kier alpha value is -2.75. The van der Waals surface area contributed by atoms with E-state index in [-0.39, 0.29) is 24.3 Å². The molecule has 1 saturated heterocycles. The molecule has 0 N–H and O–H groups in total. The zero-order valence-corrected chi connectivity index (χ0v) is 25.3. The second-order valence-corrected chi connectivity index (χ2v) is 11.6. The first-order valence-corrected chi connectivity index (χ1v) is 14.7. The van der Waals surface area contributed by atoms with E-state index in [4.69, 9.17) is 16.3 Å². The number of methoxy groups -OCH3 is 1. The van der Waals surface area contributed by atoms with Crippen LogP contribution < -0.4 is 9.80 Å². The first-order valence-electron chi connectivity index (χ1n) is 14.3. The number of carbonyl (C=O) groups excluding carboxylic acids is 2. The van der Waals surface area contributed by atoms with E-state index in [1.807, 2.05) is 43.0 Å². The third kappa shape index (κ3) is 7.50. The molecule has 0 aliphatic carbocycles. The summed E-state index contributed by atoms with van der Waals surface area (Å²) in [6, 6.07) is 7.93. The Balaban J connectivity index is 1.57. The Bertz CT molecular complexity index is 1160. The normalized spacial score (nSPS) is 18.0. The summed E-state index contributed by atoms with van der Waals surface area (Å²) in [5.41, 5.74) is 3.58. The van der Waals surface area contributed by atoms with Crippen molar-refractivity contribution in [3.8, 4) is 0 Å². The lowest BCUT2D eigenvalue weighted by Gasteiger charge is -2.36. The monoisotopic (exact) mass is 570 g/mol. The molecule has 0 unspecified atom stereocenters. The molecule has 1 fully saturated rings. The molecule has 2 aliphatic rings. The Labute approximate surface area is 243 Å². The van der Waals surface area contributed by atoms with Crippen molar-refractivity contribution in [2.24, 2.45) is 5.92 Å².